The third-order valence-electron chi connectivity index (χ3n) is 5.74. The largest absolute Gasteiger partial charge is 0.485 e. The minimum absolute atomic E-state index is 0.377. The fourth-order valence-corrected chi connectivity index (χ4v) is 4.47. The highest BCUT2D eigenvalue weighted by Gasteiger charge is 2.44. The second-order valence-corrected chi connectivity index (χ2v) is 7.62. The summed E-state index contributed by atoms with van der Waals surface area (Å²) in [6, 6.07) is 21.9. The molecule has 3 aromatic rings. The number of nitrogens with zero attached hydrogens (tertiary/aromatic N) is 3. The number of benzene rings is 3. The average molecular weight is 375 g/mol. The number of rotatable bonds is 1. The van der Waals surface area contributed by atoms with Crippen molar-refractivity contribution in [2.75, 3.05) is 0 Å². The minimum Gasteiger partial charge on any atom is -0.485 e. The van der Waals surface area contributed by atoms with Gasteiger partial charge in [-0.1, -0.05) is 48.5 Å². The molecule has 0 bridgehead atoms. The predicted octanol–water partition coefficient (Wildman–Crippen LogP) is 5.49. The summed E-state index contributed by atoms with van der Waals surface area (Å²) in [4.78, 5) is 7.68. The van der Waals surface area contributed by atoms with Crippen LogP contribution in [-0.2, 0) is 12.8 Å². The number of nitriles is 1. The Bertz CT molecular complexity index is 1220. The van der Waals surface area contributed by atoms with E-state index in [1.807, 2.05) is 42.6 Å². The topological polar surface area (TPSA) is 49.7 Å². The lowest BCUT2D eigenvalue weighted by Gasteiger charge is -2.36. The number of aliphatic imine (C=N–C) groups is 1. The maximum Gasteiger partial charge on any atom is 0.205 e. The molecule has 4 heteroatoms. The van der Waals surface area contributed by atoms with Crippen molar-refractivity contribution in [1.29, 1.82) is 5.26 Å². The highest BCUT2D eigenvalue weighted by Crippen LogP contribution is 2.43. The van der Waals surface area contributed by atoms with E-state index in [0.717, 1.165) is 41.0 Å². The maximum atomic E-state index is 9.29. The van der Waals surface area contributed by atoms with Gasteiger partial charge in [-0.15, -0.1) is 0 Å². The molecule has 1 aliphatic carbocycles. The quantitative estimate of drug-likeness (QED) is 0.417. The van der Waals surface area contributed by atoms with Gasteiger partial charge in [0.2, 0.25) is 6.19 Å². The molecule has 0 aromatic heterocycles. The van der Waals surface area contributed by atoms with Gasteiger partial charge >= 0.3 is 0 Å². The molecule has 1 spiro atoms. The Morgan fingerprint density at radius 3 is 2.41 bits per heavy atom. The van der Waals surface area contributed by atoms with Crippen LogP contribution in [0.4, 0.5) is 5.69 Å². The molecule has 0 saturated carbocycles. The van der Waals surface area contributed by atoms with Gasteiger partial charge < -0.3 is 4.74 Å². The molecule has 0 fully saturated rings. The van der Waals surface area contributed by atoms with E-state index in [1.165, 1.54) is 11.1 Å². The van der Waals surface area contributed by atoms with E-state index in [1.54, 1.807) is 6.07 Å². The molecule has 0 radical (unpaired) electrons. The summed E-state index contributed by atoms with van der Waals surface area (Å²) in [6.07, 6.45) is 4.22. The van der Waals surface area contributed by atoms with E-state index in [4.69, 9.17) is 11.3 Å². The Morgan fingerprint density at radius 1 is 0.931 bits per heavy atom. The van der Waals surface area contributed by atoms with Crippen molar-refractivity contribution < 1.29 is 4.74 Å². The van der Waals surface area contributed by atoms with Gasteiger partial charge in [0, 0.05) is 24.8 Å². The molecule has 5 rings (SSSR count). The first-order valence-electron chi connectivity index (χ1n) is 9.53. The van der Waals surface area contributed by atoms with E-state index in [0.29, 0.717) is 12.1 Å². The molecule has 3 aromatic carbocycles. The Labute approximate surface area is 169 Å². The van der Waals surface area contributed by atoms with E-state index in [-0.39, 0.29) is 5.60 Å². The molecule has 0 amide bonds. The fourth-order valence-electron chi connectivity index (χ4n) is 4.47. The zero-order chi connectivity index (χ0) is 19.8. The highest BCUT2D eigenvalue weighted by atomic mass is 16.5. The van der Waals surface area contributed by atoms with Crippen LogP contribution in [0.3, 0.4) is 0 Å². The summed E-state index contributed by atoms with van der Waals surface area (Å²) in [5.74, 6) is 0.767. The standard InChI is InChI=1S/C25H17N3O/c1-27-21-8-4-7-17(11-21)18-9-10-24-22(12-18)23(28-16-26)15-25(29-24)13-19-5-2-3-6-20(19)14-25/h2-12H,13-15H2. The van der Waals surface area contributed by atoms with Gasteiger partial charge in [0.25, 0.3) is 0 Å². The van der Waals surface area contributed by atoms with Gasteiger partial charge in [-0.25, -0.2) is 4.85 Å². The minimum atomic E-state index is -0.377. The van der Waals surface area contributed by atoms with Gasteiger partial charge in [0.1, 0.15) is 11.4 Å². The van der Waals surface area contributed by atoms with Gasteiger partial charge in [0.15, 0.2) is 5.69 Å². The molecule has 0 atom stereocenters. The van der Waals surface area contributed by atoms with Crippen LogP contribution in [0.25, 0.3) is 16.0 Å². The molecule has 0 unspecified atom stereocenters. The van der Waals surface area contributed by atoms with E-state index >= 15 is 0 Å². The van der Waals surface area contributed by atoms with Gasteiger partial charge in [0.05, 0.1) is 12.3 Å². The van der Waals surface area contributed by atoms with E-state index < -0.39 is 0 Å². The molecule has 29 heavy (non-hydrogen) atoms. The zero-order valence-electron chi connectivity index (χ0n) is 15.7. The van der Waals surface area contributed by atoms with Crippen molar-refractivity contribution in [3.8, 4) is 23.1 Å². The average Bonchev–Trinajstić information content (AvgIpc) is 3.10. The third-order valence-corrected chi connectivity index (χ3v) is 5.74. The molecule has 1 aliphatic heterocycles. The summed E-state index contributed by atoms with van der Waals surface area (Å²) < 4.78 is 6.54. The van der Waals surface area contributed by atoms with Crippen LogP contribution in [0, 0.1) is 18.0 Å². The second-order valence-electron chi connectivity index (χ2n) is 7.62. The van der Waals surface area contributed by atoms with Crippen molar-refractivity contribution in [3.05, 3.63) is 94.8 Å². The maximum absolute atomic E-state index is 9.29. The smallest absolute Gasteiger partial charge is 0.205 e. The van der Waals surface area contributed by atoms with Gasteiger partial charge in [-0.3, -0.25) is 0 Å². The van der Waals surface area contributed by atoms with Crippen LogP contribution >= 0.6 is 0 Å². The first kappa shape index (κ1) is 17.2. The number of ether oxygens (including phenoxy) is 1. The normalized spacial score (nSPS) is 17.1. The van der Waals surface area contributed by atoms with Crippen molar-refractivity contribution in [2.24, 2.45) is 4.99 Å². The number of fused-ring (bicyclic) bond motifs is 2. The summed E-state index contributed by atoms with van der Waals surface area (Å²) in [6.45, 7) is 7.24. The fraction of sp³-hybridized carbons (Fsp3) is 0.160. The van der Waals surface area contributed by atoms with Crippen LogP contribution in [0.5, 0.6) is 5.75 Å². The summed E-state index contributed by atoms with van der Waals surface area (Å²) >= 11 is 0. The Kier molecular flexibility index (Phi) is 3.93. The lowest BCUT2D eigenvalue weighted by atomic mass is 9.86. The van der Waals surface area contributed by atoms with E-state index in [9.17, 15) is 5.26 Å². The third kappa shape index (κ3) is 2.96. The van der Waals surface area contributed by atoms with Crippen LogP contribution in [0.2, 0.25) is 0 Å². The van der Waals surface area contributed by atoms with E-state index in [2.05, 4.69) is 34.1 Å². The van der Waals surface area contributed by atoms with Crippen LogP contribution in [0.15, 0.2) is 71.7 Å². The first-order valence-corrected chi connectivity index (χ1v) is 9.53. The molecule has 4 nitrogen and oxygen atoms in total. The Hall–Kier alpha value is -3.89. The van der Waals surface area contributed by atoms with Crippen LogP contribution in [0.1, 0.15) is 23.1 Å². The summed E-state index contributed by atoms with van der Waals surface area (Å²) in [7, 11) is 0. The Morgan fingerprint density at radius 2 is 1.69 bits per heavy atom. The van der Waals surface area contributed by atoms with Crippen molar-refractivity contribution in [3.63, 3.8) is 0 Å². The summed E-state index contributed by atoms with van der Waals surface area (Å²) in [5, 5.41) is 9.29. The first-order chi connectivity index (χ1) is 14.2. The monoisotopic (exact) mass is 375 g/mol. The van der Waals surface area contributed by atoms with Crippen LogP contribution < -0.4 is 4.74 Å². The summed E-state index contributed by atoms with van der Waals surface area (Å²) in [5.41, 5.74) is 6.41. The van der Waals surface area contributed by atoms with Crippen molar-refractivity contribution >= 4 is 11.4 Å². The lowest BCUT2D eigenvalue weighted by Crippen LogP contribution is -2.43. The molecule has 2 aliphatic rings. The molecule has 1 heterocycles. The number of hydrogen-bond acceptors (Lipinski definition) is 3. The lowest BCUT2D eigenvalue weighted by molar-refractivity contribution is 0.0818. The van der Waals surface area contributed by atoms with Gasteiger partial charge in [-0.05, 0) is 40.5 Å². The molecular formula is C25H17N3O. The van der Waals surface area contributed by atoms with Crippen molar-refractivity contribution in [1.82, 2.24) is 0 Å². The Balaban J connectivity index is 1.56. The predicted molar refractivity (Wildman–Crippen MR) is 112 cm³/mol. The SMILES string of the molecule is [C-]#[N+]c1cccc(-c2ccc3c(c2)C(=NC#N)CC2(Cc4ccccc4C2)O3)c1. The number of hydrogen-bond donors (Lipinski definition) is 0. The van der Waals surface area contributed by atoms with Gasteiger partial charge in [-0.2, -0.15) is 10.3 Å². The van der Waals surface area contributed by atoms with Crippen LogP contribution in [-0.4, -0.2) is 11.3 Å². The van der Waals surface area contributed by atoms with Crippen molar-refractivity contribution in [2.45, 2.75) is 24.9 Å². The molecule has 138 valence electrons. The highest BCUT2D eigenvalue weighted by molar-refractivity contribution is 6.06. The molecular weight excluding hydrogens is 358 g/mol. The molecule has 0 N–H and O–H groups in total. The zero-order valence-corrected chi connectivity index (χ0v) is 15.7. The molecule has 0 saturated heterocycles. The second kappa shape index (κ2) is 6.62.